The Hall–Kier alpha value is -1.62. The Bertz CT molecular complexity index is 723. The van der Waals surface area contributed by atoms with Crippen LogP contribution in [0.3, 0.4) is 0 Å². The van der Waals surface area contributed by atoms with Crippen molar-refractivity contribution in [3.05, 3.63) is 48.5 Å². The second-order valence-electron chi connectivity index (χ2n) is 6.06. The molecule has 1 aromatic heterocycles. The molecule has 0 unspecified atom stereocenters. The van der Waals surface area contributed by atoms with Gasteiger partial charge < -0.3 is 15.1 Å². The lowest BCUT2D eigenvalue weighted by Crippen LogP contribution is -2.53. The largest absolute Gasteiger partial charge is 0.357 e. The van der Waals surface area contributed by atoms with Gasteiger partial charge in [-0.2, -0.15) is 0 Å². The van der Waals surface area contributed by atoms with Crippen LogP contribution in [0.5, 0.6) is 0 Å². The fraction of sp³-hybridized carbons (Fsp3) is 0.421. The lowest BCUT2D eigenvalue weighted by molar-refractivity contribution is 0.370. The van der Waals surface area contributed by atoms with Crippen molar-refractivity contribution in [1.82, 2.24) is 20.2 Å². The summed E-state index contributed by atoms with van der Waals surface area (Å²) in [6, 6.07) is 8.43. The minimum Gasteiger partial charge on any atom is -0.357 e. The third-order valence-corrected chi connectivity index (χ3v) is 5.18. The third-order valence-electron chi connectivity index (χ3n) is 4.18. The summed E-state index contributed by atoms with van der Waals surface area (Å²) in [5, 5.41) is 3.38. The first kappa shape index (κ1) is 22.7. The zero-order valence-corrected chi connectivity index (χ0v) is 19.1. The van der Waals surface area contributed by atoms with Gasteiger partial charge in [0, 0.05) is 55.8 Å². The second kappa shape index (κ2) is 12.1. The third kappa shape index (κ3) is 6.77. The first-order valence-electron chi connectivity index (χ1n) is 9.20. The molecule has 0 amide bonds. The van der Waals surface area contributed by atoms with Gasteiger partial charge in [-0.1, -0.05) is 0 Å². The Morgan fingerprint density at radius 3 is 2.46 bits per heavy atom. The SMILES string of the molecule is CCNC(=NCCSc1ccc(F)cc1)N1CCN(c2ncccn2)CC1.I. The fourth-order valence-corrected chi connectivity index (χ4v) is 3.59. The van der Waals surface area contributed by atoms with Crippen LogP contribution in [0.4, 0.5) is 10.3 Å². The highest BCUT2D eigenvalue weighted by atomic mass is 127. The van der Waals surface area contributed by atoms with Crippen LogP contribution < -0.4 is 10.2 Å². The molecule has 1 aliphatic rings. The molecule has 152 valence electrons. The van der Waals surface area contributed by atoms with Crippen LogP contribution >= 0.6 is 35.7 Å². The topological polar surface area (TPSA) is 56.7 Å². The zero-order chi connectivity index (χ0) is 18.9. The number of hydrogen-bond donors (Lipinski definition) is 1. The van der Waals surface area contributed by atoms with E-state index in [0.29, 0.717) is 6.54 Å². The van der Waals surface area contributed by atoms with Gasteiger partial charge in [-0.05, 0) is 37.3 Å². The maximum atomic E-state index is 13.0. The summed E-state index contributed by atoms with van der Waals surface area (Å²) in [7, 11) is 0. The first-order chi connectivity index (χ1) is 13.3. The monoisotopic (exact) mass is 516 g/mol. The molecule has 0 saturated carbocycles. The molecule has 1 saturated heterocycles. The molecule has 1 N–H and O–H groups in total. The molecule has 28 heavy (non-hydrogen) atoms. The zero-order valence-electron chi connectivity index (χ0n) is 15.9. The number of halogens is 2. The molecule has 2 aromatic rings. The van der Waals surface area contributed by atoms with Crippen LogP contribution in [0, 0.1) is 5.82 Å². The number of hydrogen-bond acceptors (Lipinski definition) is 5. The summed E-state index contributed by atoms with van der Waals surface area (Å²) in [6.45, 7) is 7.15. The molecule has 0 bridgehead atoms. The van der Waals surface area contributed by atoms with Gasteiger partial charge in [0.2, 0.25) is 5.95 Å². The maximum absolute atomic E-state index is 13.0. The highest BCUT2D eigenvalue weighted by Crippen LogP contribution is 2.17. The number of benzene rings is 1. The molecule has 6 nitrogen and oxygen atoms in total. The summed E-state index contributed by atoms with van der Waals surface area (Å²) in [5.74, 6) is 2.39. The Labute approximate surface area is 187 Å². The van der Waals surface area contributed by atoms with Gasteiger partial charge >= 0.3 is 0 Å². The van der Waals surface area contributed by atoms with E-state index in [0.717, 1.165) is 55.3 Å². The highest BCUT2D eigenvalue weighted by Gasteiger charge is 2.20. The van der Waals surface area contributed by atoms with Gasteiger partial charge in [0.25, 0.3) is 0 Å². The number of nitrogens with zero attached hydrogens (tertiary/aromatic N) is 5. The van der Waals surface area contributed by atoms with Crippen molar-refractivity contribution in [3.8, 4) is 0 Å². The number of anilines is 1. The van der Waals surface area contributed by atoms with Crippen LogP contribution in [-0.4, -0.2) is 65.8 Å². The molecule has 2 heterocycles. The molecule has 0 atom stereocenters. The van der Waals surface area contributed by atoms with Gasteiger partial charge in [-0.15, -0.1) is 35.7 Å². The maximum Gasteiger partial charge on any atom is 0.225 e. The van der Waals surface area contributed by atoms with Crippen molar-refractivity contribution in [2.75, 3.05) is 49.9 Å². The Morgan fingerprint density at radius 1 is 1.14 bits per heavy atom. The summed E-state index contributed by atoms with van der Waals surface area (Å²) in [5.41, 5.74) is 0. The summed E-state index contributed by atoms with van der Waals surface area (Å²) in [6.07, 6.45) is 3.55. The normalized spacial score (nSPS) is 14.6. The Balaban J connectivity index is 0.00000280. The average Bonchev–Trinajstić information content (AvgIpc) is 2.72. The average molecular weight is 516 g/mol. The predicted molar refractivity (Wildman–Crippen MR) is 124 cm³/mol. The quantitative estimate of drug-likeness (QED) is 0.210. The van der Waals surface area contributed by atoms with E-state index in [9.17, 15) is 4.39 Å². The van der Waals surface area contributed by atoms with E-state index in [2.05, 4.69) is 32.0 Å². The lowest BCUT2D eigenvalue weighted by atomic mass is 10.3. The van der Waals surface area contributed by atoms with Gasteiger partial charge in [-0.3, -0.25) is 4.99 Å². The molecule has 1 aliphatic heterocycles. The summed E-state index contributed by atoms with van der Waals surface area (Å²) in [4.78, 5) is 19.0. The van der Waals surface area contributed by atoms with Crippen molar-refractivity contribution in [2.24, 2.45) is 4.99 Å². The number of thioether (sulfide) groups is 1. The van der Waals surface area contributed by atoms with Crippen LogP contribution in [-0.2, 0) is 0 Å². The molecular weight excluding hydrogens is 490 g/mol. The minimum atomic E-state index is -0.202. The molecule has 1 fully saturated rings. The summed E-state index contributed by atoms with van der Waals surface area (Å²) >= 11 is 1.69. The van der Waals surface area contributed by atoms with Crippen molar-refractivity contribution < 1.29 is 4.39 Å². The highest BCUT2D eigenvalue weighted by molar-refractivity contribution is 14.0. The molecule has 1 aromatic carbocycles. The van der Waals surface area contributed by atoms with Crippen molar-refractivity contribution in [3.63, 3.8) is 0 Å². The number of aromatic nitrogens is 2. The lowest BCUT2D eigenvalue weighted by Gasteiger charge is -2.36. The van der Waals surface area contributed by atoms with Crippen molar-refractivity contribution >= 4 is 47.6 Å². The number of guanidine groups is 1. The van der Waals surface area contributed by atoms with E-state index in [1.165, 1.54) is 12.1 Å². The molecule has 3 rings (SSSR count). The molecule has 0 radical (unpaired) electrons. The van der Waals surface area contributed by atoms with Crippen LogP contribution in [0.2, 0.25) is 0 Å². The van der Waals surface area contributed by atoms with E-state index >= 15 is 0 Å². The van der Waals surface area contributed by atoms with E-state index in [4.69, 9.17) is 4.99 Å². The van der Waals surface area contributed by atoms with Crippen LogP contribution in [0.25, 0.3) is 0 Å². The Morgan fingerprint density at radius 2 is 1.82 bits per heavy atom. The molecule has 0 aliphatic carbocycles. The van der Waals surface area contributed by atoms with Gasteiger partial charge in [0.1, 0.15) is 5.82 Å². The molecule has 0 spiro atoms. The Kier molecular flexibility index (Phi) is 9.76. The van der Waals surface area contributed by atoms with E-state index in [1.54, 1.807) is 36.3 Å². The second-order valence-corrected chi connectivity index (χ2v) is 7.23. The smallest absolute Gasteiger partial charge is 0.225 e. The number of rotatable bonds is 6. The van der Waals surface area contributed by atoms with Crippen molar-refractivity contribution in [2.45, 2.75) is 11.8 Å². The number of aliphatic imine (C=N–C) groups is 1. The van der Waals surface area contributed by atoms with Gasteiger partial charge in [0.05, 0.1) is 6.54 Å². The molecule has 9 heteroatoms. The fourth-order valence-electron chi connectivity index (χ4n) is 2.84. The minimum absolute atomic E-state index is 0. The molecular formula is C19H26FIN6S. The van der Waals surface area contributed by atoms with Crippen molar-refractivity contribution in [1.29, 1.82) is 0 Å². The van der Waals surface area contributed by atoms with Gasteiger partial charge in [-0.25, -0.2) is 14.4 Å². The summed E-state index contributed by atoms with van der Waals surface area (Å²) < 4.78 is 13.0. The van der Waals surface area contributed by atoms with E-state index in [-0.39, 0.29) is 29.8 Å². The van der Waals surface area contributed by atoms with E-state index < -0.39 is 0 Å². The van der Waals surface area contributed by atoms with E-state index in [1.807, 2.05) is 6.07 Å². The number of piperazine rings is 1. The number of nitrogens with one attached hydrogen (secondary N) is 1. The first-order valence-corrected chi connectivity index (χ1v) is 10.2. The predicted octanol–water partition coefficient (Wildman–Crippen LogP) is 3.11. The standard InChI is InChI=1S/C19H25FN6S.HI/c1-2-21-18(24-10-15-27-17-6-4-16(20)5-7-17)25-11-13-26(14-12-25)19-22-8-3-9-23-19;/h3-9H,2,10-15H2,1H3,(H,21,24);1H. The van der Waals surface area contributed by atoms with Crippen LogP contribution in [0.15, 0.2) is 52.6 Å². The van der Waals surface area contributed by atoms with Crippen LogP contribution in [0.1, 0.15) is 6.92 Å². The van der Waals surface area contributed by atoms with Gasteiger partial charge in [0.15, 0.2) is 5.96 Å².